The van der Waals surface area contributed by atoms with E-state index in [1.54, 1.807) is 11.3 Å². The topological polar surface area (TPSA) is 58.4 Å². The van der Waals surface area contributed by atoms with Crippen molar-refractivity contribution in [3.05, 3.63) is 52.0 Å². The van der Waals surface area contributed by atoms with Crippen molar-refractivity contribution in [3.8, 4) is 0 Å². The number of benzene rings is 1. The zero-order chi connectivity index (χ0) is 15.4. The Labute approximate surface area is 127 Å². The first-order valence-electron chi connectivity index (χ1n) is 6.52. The van der Waals surface area contributed by atoms with Crippen molar-refractivity contribution in [2.45, 2.75) is 6.04 Å². The number of nitrogens with two attached hydrogens (primary N) is 1. The highest BCUT2D eigenvalue weighted by Crippen LogP contribution is 2.22. The van der Waals surface area contributed by atoms with Gasteiger partial charge in [0.1, 0.15) is 5.82 Å². The number of amides is 1. The molecule has 2 aromatic rings. The van der Waals surface area contributed by atoms with Gasteiger partial charge in [-0.2, -0.15) is 0 Å². The van der Waals surface area contributed by atoms with E-state index >= 15 is 0 Å². The van der Waals surface area contributed by atoms with E-state index in [4.69, 9.17) is 5.73 Å². The summed E-state index contributed by atoms with van der Waals surface area (Å²) in [6, 6.07) is 8.17. The average molecular weight is 307 g/mol. The fraction of sp³-hybridized carbons (Fsp3) is 0.267. The third kappa shape index (κ3) is 3.80. The zero-order valence-corrected chi connectivity index (χ0v) is 12.8. The molecule has 3 N–H and O–H groups in total. The molecule has 0 spiro atoms. The number of rotatable bonds is 5. The smallest absolute Gasteiger partial charge is 0.251 e. The molecule has 1 aromatic heterocycles. The Kier molecular flexibility index (Phi) is 4.93. The van der Waals surface area contributed by atoms with Gasteiger partial charge in [0, 0.05) is 17.0 Å². The van der Waals surface area contributed by atoms with Gasteiger partial charge < -0.3 is 16.0 Å². The Bertz CT molecular complexity index is 613. The molecule has 0 aliphatic rings. The highest BCUT2D eigenvalue weighted by molar-refractivity contribution is 7.10. The van der Waals surface area contributed by atoms with Crippen LogP contribution in [0.1, 0.15) is 21.3 Å². The first kappa shape index (κ1) is 15.5. The summed E-state index contributed by atoms with van der Waals surface area (Å²) in [5, 5.41) is 4.84. The SMILES string of the molecule is CN(C)C(CNC(=O)c1ccc(N)c(F)c1)c1cccs1. The zero-order valence-electron chi connectivity index (χ0n) is 12.0. The van der Waals surface area contributed by atoms with Crippen LogP contribution in [0.25, 0.3) is 0 Å². The maximum absolute atomic E-state index is 13.4. The van der Waals surface area contributed by atoms with E-state index in [0.717, 1.165) is 6.07 Å². The summed E-state index contributed by atoms with van der Waals surface area (Å²) in [6.07, 6.45) is 0. The summed E-state index contributed by atoms with van der Waals surface area (Å²) in [7, 11) is 3.92. The number of nitrogens with one attached hydrogen (secondary N) is 1. The minimum atomic E-state index is -0.579. The van der Waals surface area contributed by atoms with Crippen molar-refractivity contribution in [1.29, 1.82) is 0 Å². The standard InChI is InChI=1S/C15H18FN3OS/c1-19(2)13(14-4-3-7-21-14)9-18-15(20)10-5-6-12(17)11(16)8-10/h3-8,13H,9,17H2,1-2H3,(H,18,20). The lowest BCUT2D eigenvalue weighted by Crippen LogP contribution is -2.34. The van der Waals surface area contributed by atoms with Gasteiger partial charge in [0.2, 0.25) is 0 Å². The van der Waals surface area contributed by atoms with Crippen LogP contribution in [0.15, 0.2) is 35.7 Å². The first-order chi connectivity index (χ1) is 9.99. The van der Waals surface area contributed by atoms with Crippen LogP contribution in [0.3, 0.4) is 0 Å². The molecule has 0 bridgehead atoms. The second-order valence-corrected chi connectivity index (χ2v) is 5.92. The van der Waals surface area contributed by atoms with Crippen molar-refractivity contribution in [2.24, 2.45) is 0 Å². The second kappa shape index (κ2) is 6.69. The normalized spacial score (nSPS) is 12.4. The Morgan fingerprint density at radius 1 is 1.43 bits per heavy atom. The molecule has 1 atom stereocenters. The minimum absolute atomic E-state index is 0.0382. The predicted molar refractivity (Wildman–Crippen MR) is 83.9 cm³/mol. The van der Waals surface area contributed by atoms with Crippen LogP contribution in [0.4, 0.5) is 10.1 Å². The lowest BCUT2D eigenvalue weighted by atomic mass is 10.1. The van der Waals surface area contributed by atoms with E-state index in [-0.39, 0.29) is 23.2 Å². The monoisotopic (exact) mass is 307 g/mol. The van der Waals surface area contributed by atoms with Crippen LogP contribution >= 0.6 is 11.3 Å². The molecule has 0 fully saturated rings. The molecule has 2 rings (SSSR count). The highest BCUT2D eigenvalue weighted by Gasteiger charge is 2.17. The molecule has 0 saturated carbocycles. The van der Waals surface area contributed by atoms with E-state index in [1.165, 1.54) is 17.0 Å². The number of anilines is 1. The third-order valence-corrected chi connectivity index (χ3v) is 4.19. The van der Waals surface area contributed by atoms with E-state index in [0.29, 0.717) is 6.54 Å². The maximum Gasteiger partial charge on any atom is 0.251 e. The molecule has 112 valence electrons. The van der Waals surface area contributed by atoms with Crippen LogP contribution in [0.2, 0.25) is 0 Å². The molecule has 0 aliphatic heterocycles. The molecule has 0 radical (unpaired) electrons. The number of nitrogen functional groups attached to an aromatic ring is 1. The van der Waals surface area contributed by atoms with Crippen LogP contribution in [0, 0.1) is 5.82 Å². The summed E-state index contributed by atoms with van der Waals surface area (Å²) >= 11 is 1.64. The quantitative estimate of drug-likeness (QED) is 0.835. The van der Waals surface area contributed by atoms with Crippen molar-refractivity contribution in [1.82, 2.24) is 10.2 Å². The fourth-order valence-electron chi connectivity index (χ4n) is 1.98. The summed E-state index contributed by atoms with van der Waals surface area (Å²) in [5.74, 6) is -0.887. The van der Waals surface area contributed by atoms with E-state index in [2.05, 4.69) is 5.32 Å². The Morgan fingerprint density at radius 3 is 2.76 bits per heavy atom. The lowest BCUT2D eigenvalue weighted by Gasteiger charge is -2.23. The molecule has 1 aromatic carbocycles. The van der Waals surface area contributed by atoms with Crippen molar-refractivity contribution in [3.63, 3.8) is 0 Å². The molecular weight excluding hydrogens is 289 g/mol. The number of halogens is 1. The largest absolute Gasteiger partial charge is 0.396 e. The Morgan fingerprint density at radius 2 is 2.19 bits per heavy atom. The van der Waals surface area contributed by atoms with Crippen molar-refractivity contribution in [2.75, 3.05) is 26.4 Å². The molecule has 0 saturated heterocycles. The van der Waals surface area contributed by atoms with E-state index in [9.17, 15) is 9.18 Å². The van der Waals surface area contributed by atoms with Crippen molar-refractivity contribution >= 4 is 22.9 Å². The van der Waals surface area contributed by atoms with Crippen LogP contribution in [0.5, 0.6) is 0 Å². The number of hydrogen-bond donors (Lipinski definition) is 2. The van der Waals surface area contributed by atoms with Gasteiger partial charge in [0.05, 0.1) is 11.7 Å². The number of likely N-dealkylation sites (N-methyl/N-ethyl adjacent to an activating group) is 1. The molecule has 1 unspecified atom stereocenters. The number of hydrogen-bond acceptors (Lipinski definition) is 4. The maximum atomic E-state index is 13.4. The average Bonchev–Trinajstić information content (AvgIpc) is 2.95. The minimum Gasteiger partial charge on any atom is -0.396 e. The molecule has 6 heteroatoms. The summed E-state index contributed by atoms with van der Waals surface area (Å²) in [4.78, 5) is 15.3. The van der Waals surface area contributed by atoms with Gasteiger partial charge >= 0.3 is 0 Å². The van der Waals surface area contributed by atoms with Crippen LogP contribution < -0.4 is 11.1 Å². The molecule has 1 heterocycles. The van der Waals surface area contributed by atoms with Crippen LogP contribution in [-0.2, 0) is 0 Å². The first-order valence-corrected chi connectivity index (χ1v) is 7.40. The molecular formula is C15H18FN3OS. The third-order valence-electron chi connectivity index (χ3n) is 3.21. The number of carbonyl (C=O) groups excluding carboxylic acids is 1. The molecule has 1 amide bonds. The lowest BCUT2D eigenvalue weighted by molar-refractivity contribution is 0.0942. The Hall–Kier alpha value is -1.92. The summed E-state index contributed by atoms with van der Waals surface area (Å²) in [6.45, 7) is 0.457. The predicted octanol–water partition coefficient (Wildman–Crippen LogP) is 2.50. The van der Waals surface area contributed by atoms with Gasteiger partial charge in [-0.3, -0.25) is 4.79 Å². The number of thiophene rings is 1. The number of nitrogens with zero attached hydrogens (tertiary/aromatic N) is 1. The van der Waals surface area contributed by atoms with Gasteiger partial charge in [0.25, 0.3) is 5.91 Å². The number of carbonyl (C=O) groups is 1. The van der Waals surface area contributed by atoms with Gasteiger partial charge in [-0.1, -0.05) is 6.07 Å². The van der Waals surface area contributed by atoms with Gasteiger partial charge in [-0.05, 0) is 43.7 Å². The highest BCUT2D eigenvalue weighted by atomic mass is 32.1. The molecule has 4 nitrogen and oxygen atoms in total. The molecule has 0 aliphatic carbocycles. The van der Waals surface area contributed by atoms with Gasteiger partial charge in [-0.15, -0.1) is 11.3 Å². The van der Waals surface area contributed by atoms with E-state index < -0.39 is 5.82 Å². The fourth-order valence-corrected chi connectivity index (χ4v) is 2.90. The molecule has 21 heavy (non-hydrogen) atoms. The summed E-state index contributed by atoms with van der Waals surface area (Å²) < 4.78 is 13.4. The summed E-state index contributed by atoms with van der Waals surface area (Å²) in [5.41, 5.74) is 5.71. The Balaban J connectivity index is 2.03. The van der Waals surface area contributed by atoms with Gasteiger partial charge in [-0.25, -0.2) is 4.39 Å². The van der Waals surface area contributed by atoms with E-state index in [1.807, 2.05) is 36.5 Å². The van der Waals surface area contributed by atoms with Crippen molar-refractivity contribution < 1.29 is 9.18 Å². The van der Waals surface area contributed by atoms with Gasteiger partial charge in [0.15, 0.2) is 0 Å². The second-order valence-electron chi connectivity index (χ2n) is 4.94. The van der Waals surface area contributed by atoms with Crippen LogP contribution in [-0.4, -0.2) is 31.4 Å².